The van der Waals surface area contributed by atoms with Crippen LogP contribution in [0.3, 0.4) is 0 Å². The van der Waals surface area contributed by atoms with Crippen molar-refractivity contribution in [2.45, 2.75) is 6.92 Å². The van der Waals surface area contributed by atoms with Gasteiger partial charge < -0.3 is 10.5 Å². The van der Waals surface area contributed by atoms with Gasteiger partial charge in [0.2, 0.25) is 0 Å². The summed E-state index contributed by atoms with van der Waals surface area (Å²) in [6.07, 6.45) is 1.78. The second-order valence-corrected chi connectivity index (χ2v) is 6.99. The van der Waals surface area contributed by atoms with Crippen LogP contribution >= 0.6 is 11.8 Å². The number of amides is 2. The van der Waals surface area contributed by atoms with Crippen molar-refractivity contribution in [3.05, 3.63) is 64.6 Å². The van der Waals surface area contributed by atoms with Crippen molar-refractivity contribution in [3.63, 3.8) is 0 Å². The average Bonchev–Trinajstić information content (AvgIpc) is 2.90. The van der Waals surface area contributed by atoms with E-state index in [0.717, 1.165) is 16.8 Å². The number of hydrogen-bond acceptors (Lipinski definition) is 5. The van der Waals surface area contributed by atoms with E-state index in [-0.39, 0.29) is 12.5 Å². The quantitative estimate of drug-likeness (QED) is 0.807. The molecule has 1 fully saturated rings. The van der Waals surface area contributed by atoms with E-state index in [9.17, 15) is 9.59 Å². The topological polar surface area (TPSA) is 85.0 Å². The van der Waals surface area contributed by atoms with Gasteiger partial charge in [0.15, 0.2) is 11.8 Å². The number of ether oxygens (including phenoxy) is 1. The van der Waals surface area contributed by atoms with Gasteiger partial charge in [0, 0.05) is 7.05 Å². The van der Waals surface area contributed by atoms with Crippen LogP contribution in [-0.4, -0.2) is 35.5 Å². The summed E-state index contributed by atoms with van der Waals surface area (Å²) in [5.41, 5.74) is 7.76. The fourth-order valence-corrected chi connectivity index (χ4v) is 3.42. The molecular formula is C20H19N3O3S. The van der Waals surface area contributed by atoms with Crippen LogP contribution in [0.2, 0.25) is 0 Å². The number of rotatable bonds is 5. The van der Waals surface area contributed by atoms with Crippen LogP contribution in [0.15, 0.2) is 58.4 Å². The first kappa shape index (κ1) is 18.7. The minimum absolute atomic E-state index is 0.115. The van der Waals surface area contributed by atoms with Crippen molar-refractivity contribution in [2.75, 3.05) is 13.7 Å². The standard InChI is InChI=1S/C20H19N3O3S/c1-13-6-3-4-9-16(13)22-20-23(2)19(25)17(27-20)11-14-7-5-8-15(10-14)26-12-18(21)24/h3-11H,12H2,1-2H3,(H2,21,24)/b17-11+,22-20?. The summed E-state index contributed by atoms with van der Waals surface area (Å²) in [5, 5.41) is 0.627. The summed E-state index contributed by atoms with van der Waals surface area (Å²) in [7, 11) is 1.71. The second kappa shape index (κ2) is 8.09. The monoisotopic (exact) mass is 381 g/mol. The Morgan fingerprint density at radius 3 is 2.78 bits per heavy atom. The lowest BCUT2D eigenvalue weighted by molar-refractivity contribution is -0.121. The van der Waals surface area contributed by atoms with Crippen LogP contribution in [0, 0.1) is 6.92 Å². The lowest BCUT2D eigenvalue weighted by Gasteiger charge is -2.08. The highest BCUT2D eigenvalue weighted by Gasteiger charge is 2.30. The van der Waals surface area contributed by atoms with Crippen molar-refractivity contribution in [1.29, 1.82) is 0 Å². The molecule has 0 aromatic heterocycles. The number of para-hydroxylation sites is 1. The number of nitrogens with two attached hydrogens (primary N) is 1. The Bertz CT molecular complexity index is 953. The molecule has 1 saturated heterocycles. The lowest BCUT2D eigenvalue weighted by Crippen LogP contribution is -2.23. The predicted octanol–water partition coefficient (Wildman–Crippen LogP) is 3.09. The van der Waals surface area contributed by atoms with Gasteiger partial charge in [0.25, 0.3) is 11.8 Å². The number of carbonyl (C=O) groups excluding carboxylic acids is 2. The van der Waals surface area contributed by atoms with E-state index >= 15 is 0 Å². The first-order valence-corrected chi connectivity index (χ1v) is 9.09. The van der Waals surface area contributed by atoms with Crippen LogP contribution in [0.25, 0.3) is 6.08 Å². The molecule has 0 unspecified atom stereocenters. The molecule has 2 amide bonds. The van der Waals surface area contributed by atoms with E-state index in [0.29, 0.717) is 15.8 Å². The molecule has 138 valence electrons. The smallest absolute Gasteiger partial charge is 0.266 e. The summed E-state index contributed by atoms with van der Waals surface area (Å²) < 4.78 is 5.30. The zero-order valence-corrected chi connectivity index (χ0v) is 15.8. The molecule has 0 spiro atoms. The average molecular weight is 381 g/mol. The third kappa shape index (κ3) is 4.57. The highest BCUT2D eigenvalue weighted by Crippen LogP contribution is 2.34. The van der Waals surface area contributed by atoms with E-state index in [1.165, 1.54) is 16.7 Å². The first-order chi connectivity index (χ1) is 12.9. The summed E-state index contributed by atoms with van der Waals surface area (Å²) >= 11 is 1.32. The zero-order valence-electron chi connectivity index (χ0n) is 15.0. The molecule has 0 radical (unpaired) electrons. The molecule has 6 nitrogen and oxygen atoms in total. The fourth-order valence-electron chi connectivity index (χ4n) is 2.44. The minimum atomic E-state index is -0.543. The van der Waals surface area contributed by atoms with Crippen molar-refractivity contribution in [2.24, 2.45) is 10.7 Å². The van der Waals surface area contributed by atoms with Gasteiger partial charge in [-0.25, -0.2) is 4.99 Å². The molecule has 2 aromatic carbocycles. The van der Waals surface area contributed by atoms with Crippen molar-refractivity contribution in [1.82, 2.24) is 4.90 Å². The number of benzene rings is 2. The highest BCUT2D eigenvalue weighted by atomic mass is 32.2. The Morgan fingerprint density at radius 2 is 2.04 bits per heavy atom. The molecule has 1 aliphatic rings. The summed E-state index contributed by atoms with van der Waals surface area (Å²) in [5.74, 6) is -0.143. The lowest BCUT2D eigenvalue weighted by atomic mass is 10.2. The van der Waals surface area contributed by atoms with E-state index in [2.05, 4.69) is 4.99 Å². The van der Waals surface area contributed by atoms with Gasteiger partial charge >= 0.3 is 0 Å². The van der Waals surface area contributed by atoms with E-state index in [1.54, 1.807) is 31.3 Å². The highest BCUT2D eigenvalue weighted by molar-refractivity contribution is 8.18. The van der Waals surface area contributed by atoms with Crippen LogP contribution in [0.4, 0.5) is 5.69 Å². The van der Waals surface area contributed by atoms with Gasteiger partial charge in [-0.3, -0.25) is 14.5 Å². The number of aliphatic imine (C=N–C) groups is 1. The van der Waals surface area contributed by atoms with Gasteiger partial charge in [-0.2, -0.15) is 0 Å². The van der Waals surface area contributed by atoms with Crippen LogP contribution in [-0.2, 0) is 9.59 Å². The summed E-state index contributed by atoms with van der Waals surface area (Å²) in [6, 6.07) is 14.9. The van der Waals surface area contributed by atoms with Gasteiger partial charge in [-0.1, -0.05) is 30.3 Å². The second-order valence-electron chi connectivity index (χ2n) is 5.98. The Balaban J connectivity index is 1.83. The van der Waals surface area contributed by atoms with Gasteiger partial charge in [0.1, 0.15) is 5.75 Å². The molecule has 7 heteroatoms. The number of nitrogens with zero attached hydrogens (tertiary/aromatic N) is 2. The SMILES string of the molecule is Cc1ccccc1N=C1S/C(=C/c2cccc(OCC(N)=O)c2)C(=O)N1C. The molecule has 27 heavy (non-hydrogen) atoms. The number of carbonyl (C=O) groups is 2. The maximum absolute atomic E-state index is 12.6. The molecule has 0 aliphatic carbocycles. The molecule has 0 saturated carbocycles. The Hall–Kier alpha value is -3.06. The maximum atomic E-state index is 12.6. The normalized spacial score (nSPS) is 17.0. The molecule has 3 rings (SSSR count). The predicted molar refractivity (Wildman–Crippen MR) is 108 cm³/mol. The Kier molecular flexibility index (Phi) is 5.61. The van der Waals surface area contributed by atoms with Crippen molar-refractivity contribution < 1.29 is 14.3 Å². The minimum Gasteiger partial charge on any atom is -0.484 e. The number of hydrogen-bond donors (Lipinski definition) is 1. The molecule has 2 N–H and O–H groups in total. The Morgan fingerprint density at radius 1 is 1.26 bits per heavy atom. The largest absolute Gasteiger partial charge is 0.484 e. The molecule has 1 aliphatic heterocycles. The summed E-state index contributed by atoms with van der Waals surface area (Å²) in [6.45, 7) is 1.79. The van der Waals surface area contributed by atoms with E-state index in [4.69, 9.17) is 10.5 Å². The number of aryl methyl sites for hydroxylation is 1. The third-order valence-corrected chi connectivity index (χ3v) is 4.93. The number of likely N-dealkylation sites (N-methyl/N-ethyl adjacent to an activating group) is 1. The van der Waals surface area contributed by atoms with E-state index < -0.39 is 5.91 Å². The maximum Gasteiger partial charge on any atom is 0.266 e. The number of thioether (sulfide) groups is 1. The molecule has 0 atom stereocenters. The van der Waals surface area contributed by atoms with Gasteiger partial charge in [0.05, 0.1) is 10.6 Å². The summed E-state index contributed by atoms with van der Waals surface area (Å²) in [4.78, 5) is 30.1. The van der Waals surface area contributed by atoms with Crippen LogP contribution in [0.1, 0.15) is 11.1 Å². The van der Waals surface area contributed by atoms with Gasteiger partial charge in [-0.15, -0.1) is 0 Å². The zero-order chi connectivity index (χ0) is 19.4. The molecule has 2 aromatic rings. The van der Waals surface area contributed by atoms with Crippen LogP contribution < -0.4 is 10.5 Å². The third-order valence-electron chi connectivity index (χ3n) is 3.87. The first-order valence-electron chi connectivity index (χ1n) is 8.27. The molecule has 1 heterocycles. The number of primary amides is 1. The van der Waals surface area contributed by atoms with E-state index in [1.807, 2.05) is 37.3 Å². The Labute approximate surface area is 161 Å². The molecule has 0 bridgehead atoms. The van der Waals surface area contributed by atoms with Gasteiger partial charge in [-0.05, 0) is 54.1 Å². The molecular weight excluding hydrogens is 362 g/mol. The van der Waals surface area contributed by atoms with Crippen molar-refractivity contribution in [3.8, 4) is 5.75 Å². The number of amidine groups is 1. The fraction of sp³-hybridized carbons (Fsp3) is 0.150. The van der Waals surface area contributed by atoms with Crippen LogP contribution in [0.5, 0.6) is 5.75 Å². The van der Waals surface area contributed by atoms with Crippen molar-refractivity contribution >= 4 is 40.5 Å².